The van der Waals surface area contributed by atoms with Crippen LogP contribution in [0.1, 0.15) is 45.2 Å². The second-order valence-electron chi connectivity index (χ2n) is 5.70. The first kappa shape index (κ1) is 15.3. The van der Waals surface area contributed by atoms with Crippen LogP contribution in [0.4, 0.5) is 0 Å². The number of aromatic nitrogens is 3. The lowest BCUT2D eigenvalue weighted by Gasteiger charge is -2.26. The summed E-state index contributed by atoms with van der Waals surface area (Å²) in [6.45, 7) is 4.58. The Morgan fingerprint density at radius 2 is 2.17 bits per heavy atom. The largest absolute Gasteiger partial charge is 0.476 e. The molecule has 0 saturated heterocycles. The number of carbonyl (C=O) groups excluding carboxylic acids is 1. The fourth-order valence-electron chi connectivity index (χ4n) is 2.96. The molecule has 3 heterocycles. The quantitative estimate of drug-likeness (QED) is 0.877. The number of nitrogens with zero attached hydrogens (tertiary/aromatic N) is 3. The first-order valence-electron chi connectivity index (χ1n) is 7.46. The van der Waals surface area contributed by atoms with Crippen molar-refractivity contribution in [1.29, 1.82) is 0 Å². The summed E-state index contributed by atoms with van der Waals surface area (Å²) in [7, 11) is 0. The van der Waals surface area contributed by atoms with E-state index in [4.69, 9.17) is 9.63 Å². The van der Waals surface area contributed by atoms with E-state index in [1.54, 1.807) is 4.90 Å². The van der Waals surface area contributed by atoms with E-state index in [0.29, 0.717) is 43.6 Å². The van der Waals surface area contributed by atoms with Gasteiger partial charge in [-0.15, -0.1) is 0 Å². The molecule has 0 unspecified atom stereocenters. The van der Waals surface area contributed by atoms with Crippen LogP contribution in [0.2, 0.25) is 0 Å². The highest BCUT2D eigenvalue weighted by atomic mass is 16.5. The van der Waals surface area contributed by atoms with E-state index < -0.39 is 5.97 Å². The molecule has 0 bridgehead atoms. The average Bonchev–Trinajstić information content (AvgIpc) is 3.08. The summed E-state index contributed by atoms with van der Waals surface area (Å²) < 4.78 is 5.10. The number of amides is 1. The fraction of sp³-hybridized carbons (Fsp3) is 0.467. The Balaban J connectivity index is 1.64. The number of rotatable bonds is 4. The number of aromatic amines is 1. The minimum absolute atomic E-state index is 0.0297. The summed E-state index contributed by atoms with van der Waals surface area (Å²) in [4.78, 5) is 25.2. The van der Waals surface area contributed by atoms with Crippen LogP contribution in [-0.4, -0.2) is 43.8 Å². The highest BCUT2D eigenvalue weighted by Gasteiger charge is 2.27. The zero-order valence-corrected chi connectivity index (χ0v) is 13.0. The van der Waals surface area contributed by atoms with Crippen molar-refractivity contribution in [3.05, 3.63) is 34.0 Å². The molecular formula is C15H18N4O4. The molecule has 122 valence electrons. The molecule has 0 fully saturated rings. The number of hydrogen-bond acceptors (Lipinski definition) is 5. The number of nitrogens with one attached hydrogen (secondary N) is 1. The highest BCUT2D eigenvalue weighted by molar-refractivity contribution is 5.87. The topological polar surface area (TPSA) is 112 Å². The molecule has 0 aliphatic carbocycles. The van der Waals surface area contributed by atoms with E-state index in [-0.39, 0.29) is 11.6 Å². The van der Waals surface area contributed by atoms with Gasteiger partial charge in [0.2, 0.25) is 5.91 Å². The Hall–Kier alpha value is -2.64. The van der Waals surface area contributed by atoms with E-state index in [0.717, 1.165) is 17.0 Å². The fourth-order valence-corrected chi connectivity index (χ4v) is 2.96. The van der Waals surface area contributed by atoms with Gasteiger partial charge in [0.1, 0.15) is 5.76 Å². The second-order valence-corrected chi connectivity index (χ2v) is 5.70. The maximum atomic E-state index is 12.4. The number of hydrogen-bond donors (Lipinski definition) is 2. The molecule has 0 atom stereocenters. The highest BCUT2D eigenvalue weighted by Crippen LogP contribution is 2.21. The van der Waals surface area contributed by atoms with Gasteiger partial charge < -0.3 is 14.5 Å². The maximum Gasteiger partial charge on any atom is 0.356 e. The van der Waals surface area contributed by atoms with Gasteiger partial charge in [0.25, 0.3) is 0 Å². The molecule has 1 aliphatic rings. The second kappa shape index (κ2) is 5.86. The van der Waals surface area contributed by atoms with Crippen molar-refractivity contribution in [1.82, 2.24) is 20.3 Å². The summed E-state index contributed by atoms with van der Waals surface area (Å²) >= 11 is 0. The molecule has 0 aromatic carbocycles. The molecule has 2 aromatic rings. The van der Waals surface area contributed by atoms with Crippen LogP contribution < -0.4 is 0 Å². The van der Waals surface area contributed by atoms with Gasteiger partial charge in [-0.05, 0) is 26.7 Å². The number of fused-ring (bicyclic) bond motifs is 1. The van der Waals surface area contributed by atoms with E-state index in [1.165, 1.54) is 0 Å². The third-order valence-corrected chi connectivity index (χ3v) is 4.26. The minimum Gasteiger partial charge on any atom is -0.476 e. The van der Waals surface area contributed by atoms with Crippen molar-refractivity contribution in [2.45, 2.75) is 39.7 Å². The Kier molecular flexibility index (Phi) is 3.89. The van der Waals surface area contributed by atoms with Gasteiger partial charge in [0.15, 0.2) is 5.69 Å². The van der Waals surface area contributed by atoms with Crippen molar-refractivity contribution in [2.75, 3.05) is 6.54 Å². The Morgan fingerprint density at radius 3 is 2.83 bits per heavy atom. The summed E-state index contributed by atoms with van der Waals surface area (Å²) in [5.41, 5.74) is 3.26. The number of carbonyl (C=O) groups is 2. The standard InChI is InChI=1S/C15H18N4O4/c1-8-10(9(2)23-18-8)3-4-13(20)19-6-5-11-12(7-19)16-17-14(11)15(21)22/h3-7H2,1-2H3,(H,16,17)(H,21,22). The SMILES string of the molecule is Cc1noc(C)c1CCC(=O)N1CCc2c(C(=O)O)n[nH]c2C1. The predicted octanol–water partition coefficient (Wildman–Crippen LogP) is 1.23. The van der Waals surface area contributed by atoms with Gasteiger partial charge in [-0.1, -0.05) is 5.16 Å². The number of carboxylic acids is 1. The lowest BCUT2D eigenvalue weighted by Crippen LogP contribution is -2.36. The molecule has 0 saturated carbocycles. The first-order valence-corrected chi connectivity index (χ1v) is 7.46. The molecule has 2 aromatic heterocycles. The van der Waals surface area contributed by atoms with Gasteiger partial charge in [-0.3, -0.25) is 9.89 Å². The Labute approximate surface area is 132 Å². The first-order chi connectivity index (χ1) is 11.0. The van der Waals surface area contributed by atoms with Crippen LogP contribution in [0, 0.1) is 13.8 Å². The molecular weight excluding hydrogens is 300 g/mol. The average molecular weight is 318 g/mol. The smallest absolute Gasteiger partial charge is 0.356 e. The van der Waals surface area contributed by atoms with Crippen molar-refractivity contribution in [3.63, 3.8) is 0 Å². The monoisotopic (exact) mass is 318 g/mol. The van der Waals surface area contributed by atoms with E-state index >= 15 is 0 Å². The molecule has 3 rings (SSSR count). The molecule has 1 amide bonds. The normalized spacial score (nSPS) is 13.9. The van der Waals surface area contributed by atoms with Crippen molar-refractivity contribution in [3.8, 4) is 0 Å². The van der Waals surface area contributed by atoms with Gasteiger partial charge >= 0.3 is 5.97 Å². The zero-order valence-electron chi connectivity index (χ0n) is 13.0. The van der Waals surface area contributed by atoms with Crippen molar-refractivity contribution in [2.24, 2.45) is 0 Å². The van der Waals surface area contributed by atoms with Gasteiger partial charge in [-0.2, -0.15) is 5.10 Å². The summed E-state index contributed by atoms with van der Waals surface area (Å²) in [6, 6.07) is 0. The third kappa shape index (κ3) is 2.84. The van der Waals surface area contributed by atoms with Crippen LogP contribution in [0.3, 0.4) is 0 Å². The number of aryl methyl sites for hydroxylation is 2. The van der Waals surface area contributed by atoms with Gasteiger partial charge in [0.05, 0.1) is 17.9 Å². The molecule has 2 N–H and O–H groups in total. The lowest BCUT2D eigenvalue weighted by molar-refractivity contribution is -0.132. The Morgan fingerprint density at radius 1 is 1.39 bits per heavy atom. The van der Waals surface area contributed by atoms with E-state index in [1.807, 2.05) is 13.8 Å². The summed E-state index contributed by atoms with van der Waals surface area (Å²) in [6.07, 6.45) is 1.47. The molecule has 1 aliphatic heterocycles. The van der Waals surface area contributed by atoms with Crippen LogP contribution in [0.25, 0.3) is 0 Å². The van der Waals surface area contributed by atoms with Crippen LogP contribution in [0.15, 0.2) is 4.52 Å². The molecule has 8 heteroatoms. The van der Waals surface area contributed by atoms with Gasteiger partial charge in [-0.25, -0.2) is 4.79 Å². The van der Waals surface area contributed by atoms with Crippen LogP contribution >= 0.6 is 0 Å². The number of carboxylic acid groups (broad SMARTS) is 1. The van der Waals surface area contributed by atoms with E-state index in [2.05, 4.69) is 15.4 Å². The zero-order chi connectivity index (χ0) is 16.6. The number of H-pyrrole nitrogens is 1. The van der Waals surface area contributed by atoms with Crippen LogP contribution in [-0.2, 0) is 24.2 Å². The van der Waals surface area contributed by atoms with Crippen molar-refractivity contribution >= 4 is 11.9 Å². The van der Waals surface area contributed by atoms with Crippen LogP contribution in [0.5, 0.6) is 0 Å². The lowest BCUT2D eigenvalue weighted by atomic mass is 10.0. The van der Waals surface area contributed by atoms with Crippen molar-refractivity contribution < 1.29 is 19.2 Å². The van der Waals surface area contributed by atoms with Gasteiger partial charge in [0, 0.05) is 24.1 Å². The molecule has 23 heavy (non-hydrogen) atoms. The predicted molar refractivity (Wildman–Crippen MR) is 79.0 cm³/mol. The maximum absolute atomic E-state index is 12.4. The third-order valence-electron chi connectivity index (χ3n) is 4.26. The molecule has 8 nitrogen and oxygen atoms in total. The Bertz CT molecular complexity index is 742. The van der Waals surface area contributed by atoms with E-state index in [9.17, 15) is 9.59 Å². The minimum atomic E-state index is -1.04. The molecule has 0 radical (unpaired) electrons. The summed E-state index contributed by atoms with van der Waals surface area (Å²) in [5.74, 6) is -0.265. The molecule has 0 spiro atoms. The number of aromatic carboxylic acids is 1. The summed E-state index contributed by atoms with van der Waals surface area (Å²) in [5, 5.41) is 19.5.